The molecule has 0 bridgehead atoms. The molecule has 0 aliphatic carbocycles. The summed E-state index contributed by atoms with van der Waals surface area (Å²) in [7, 11) is 5.41. The number of hydrogen-bond acceptors (Lipinski definition) is 5. The van der Waals surface area contributed by atoms with Crippen LogP contribution in [0.1, 0.15) is 17.3 Å². The number of methoxy groups -OCH3 is 1. The number of morpholine rings is 1. The lowest BCUT2D eigenvalue weighted by Gasteiger charge is -2.35. The molecule has 1 aromatic carbocycles. The maximum Gasteiger partial charge on any atom is 0.191 e. The van der Waals surface area contributed by atoms with Crippen molar-refractivity contribution in [3.63, 3.8) is 0 Å². The Morgan fingerprint density at radius 2 is 1.96 bits per heavy atom. The smallest absolute Gasteiger partial charge is 0.191 e. The Hall–Kier alpha value is -2.58. The number of aryl methyl sites for hydroxylation is 1. The average Bonchev–Trinajstić information content (AvgIpc) is 3.16. The summed E-state index contributed by atoms with van der Waals surface area (Å²) in [5, 5.41) is 11.0. The van der Waals surface area contributed by atoms with Gasteiger partial charge in [-0.25, -0.2) is 0 Å². The van der Waals surface area contributed by atoms with Gasteiger partial charge in [0.05, 0.1) is 38.6 Å². The fraction of sp³-hybridized carbons (Fsp3) is 0.500. The molecule has 0 spiro atoms. The predicted octanol–water partition coefficient (Wildman–Crippen LogP) is 1.17. The van der Waals surface area contributed by atoms with E-state index in [4.69, 9.17) is 9.47 Å². The second-order valence-electron chi connectivity index (χ2n) is 6.69. The first-order chi connectivity index (χ1) is 13.7. The molecule has 2 heterocycles. The molecule has 28 heavy (non-hydrogen) atoms. The van der Waals surface area contributed by atoms with Gasteiger partial charge < -0.3 is 20.1 Å². The Morgan fingerprint density at radius 3 is 2.57 bits per heavy atom. The van der Waals surface area contributed by atoms with Gasteiger partial charge in [0.1, 0.15) is 5.75 Å². The van der Waals surface area contributed by atoms with Gasteiger partial charge in [0, 0.05) is 39.9 Å². The normalized spacial score (nSPS) is 16.6. The predicted molar refractivity (Wildman–Crippen MR) is 110 cm³/mol. The van der Waals surface area contributed by atoms with Gasteiger partial charge in [0.2, 0.25) is 0 Å². The van der Waals surface area contributed by atoms with Crippen molar-refractivity contribution < 1.29 is 9.47 Å². The molecule has 0 saturated carbocycles. The third-order valence-corrected chi connectivity index (χ3v) is 5.03. The lowest BCUT2D eigenvalue weighted by Crippen LogP contribution is -2.46. The molecule has 0 radical (unpaired) electrons. The van der Waals surface area contributed by atoms with E-state index in [9.17, 15) is 0 Å². The van der Waals surface area contributed by atoms with Crippen LogP contribution in [-0.2, 0) is 18.3 Å². The maximum atomic E-state index is 5.53. The quantitative estimate of drug-likeness (QED) is 0.550. The van der Waals surface area contributed by atoms with E-state index in [-0.39, 0.29) is 6.04 Å². The number of nitrogens with zero attached hydrogens (tertiary/aromatic N) is 4. The zero-order valence-corrected chi connectivity index (χ0v) is 16.9. The second-order valence-corrected chi connectivity index (χ2v) is 6.69. The lowest BCUT2D eigenvalue weighted by atomic mass is 10.0. The summed E-state index contributed by atoms with van der Waals surface area (Å²) in [5.41, 5.74) is 2.35. The summed E-state index contributed by atoms with van der Waals surface area (Å²) >= 11 is 0. The summed E-state index contributed by atoms with van der Waals surface area (Å²) in [4.78, 5) is 6.81. The molecule has 1 fully saturated rings. The van der Waals surface area contributed by atoms with Crippen LogP contribution in [-0.4, -0.2) is 67.6 Å². The SMILES string of the molecule is CN=C(NCc1ccnn1C)NCC(c1ccc(OC)cc1)N1CCOCC1. The standard InChI is InChI=1S/C20H30N6O2/c1-21-20(22-14-17-8-9-24-25(17)2)23-15-19(26-10-12-28-13-11-26)16-4-6-18(27-3)7-5-16/h4-9,19H,10-15H2,1-3H3,(H2,21,22,23). The zero-order chi connectivity index (χ0) is 19.8. The van der Waals surface area contributed by atoms with Gasteiger partial charge in [-0.1, -0.05) is 12.1 Å². The van der Waals surface area contributed by atoms with E-state index in [1.54, 1.807) is 20.4 Å². The largest absolute Gasteiger partial charge is 0.497 e. The van der Waals surface area contributed by atoms with Gasteiger partial charge in [-0.15, -0.1) is 0 Å². The average molecular weight is 387 g/mol. The molecule has 8 heteroatoms. The van der Waals surface area contributed by atoms with Gasteiger partial charge in [0.25, 0.3) is 0 Å². The van der Waals surface area contributed by atoms with E-state index in [0.29, 0.717) is 6.54 Å². The third kappa shape index (κ3) is 5.24. The fourth-order valence-electron chi connectivity index (χ4n) is 3.34. The Balaban J connectivity index is 1.64. The van der Waals surface area contributed by atoms with Gasteiger partial charge in [0.15, 0.2) is 5.96 Å². The minimum Gasteiger partial charge on any atom is -0.497 e. The van der Waals surface area contributed by atoms with Crippen LogP contribution < -0.4 is 15.4 Å². The van der Waals surface area contributed by atoms with E-state index in [2.05, 4.69) is 37.8 Å². The number of rotatable bonds is 7. The highest BCUT2D eigenvalue weighted by Crippen LogP contribution is 2.23. The van der Waals surface area contributed by atoms with Crippen LogP contribution in [0.5, 0.6) is 5.75 Å². The zero-order valence-electron chi connectivity index (χ0n) is 16.9. The van der Waals surface area contributed by atoms with Crippen molar-refractivity contribution in [2.75, 3.05) is 47.0 Å². The molecule has 1 aromatic heterocycles. The molecule has 152 valence electrons. The first kappa shape index (κ1) is 20.2. The van der Waals surface area contributed by atoms with Crippen LogP contribution in [0, 0.1) is 0 Å². The molecule has 1 unspecified atom stereocenters. The van der Waals surface area contributed by atoms with Gasteiger partial charge in [-0.05, 0) is 23.8 Å². The Morgan fingerprint density at radius 1 is 1.21 bits per heavy atom. The molecule has 1 aliphatic heterocycles. The summed E-state index contributed by atoms with van der Waals surface area (Å²) in [6.45, 7) is 4.78. The van der Waals surface area contributed by atoms with Crippen molar-refractivity contribution in [3.8, 4) is 5.75 Å². The molecule has 1 saturated heterocycles. The van der Waals surface area contributed by atoms with E-state index in [1.807, 2.05) is 29.9 Å². The number of aliphatic imine (C=N–C) groups is 1. The monoisotopic (exact) mass is 386 g/mol. The molecule has 2 N–H and O–H groups in total. The van der Waals surface area contributed by atoms with E-state index in [1.165, 1.54) is 5.56 Å². The van der Waals surface area contributed by atoms with Gasteiger partial charge >= 0.3 is 0 Å². The Bertz CT molecular complexity index is 752. The van der Waals surface area contributed by atoms with Gasteiger partial charge in [-0.2, -0.15) is 5.10 Å². The minimum absolute atomic E-state index is 0.227. The molecule has 8 nitrogen and oxygen atoms in total. The Kier molecular flexibility index (Phi) is 7.27. The number of guanidine groups is 1. The number of nitrogens with one attached hydrogen (secondary N) is 2. The van der Waals surface area contributed by atoms with Crippen LogP contribution in [0.15, 0.2) is 41.5 Å². The third-order valence-electron chi connectivity index (χ3n) is 5.03. The van der Waals surface area contributed by atoms with Crippen LogP contribution in [0.4, 0.5) is 0 Å². The number of hydrogen-bond donors (Lipinski definition) is 2. The lowest BCUT2D eigenvalue weighted by molar-refractivity contribution is 0.0170. The van der Waals surface area contributed by atoms with Crippen LogP contribution in [0.25, 0.3) is 0 Å². The highest BCUT2D eigenvalue weighted by atomic mass is 16.5. The topological polar surface area (TPSA) is 75.9 Å². The molecule has 1 atom stereocenters. The van der Waals surface area contributed by atoms with Crippen LogP contribution in [0.3, 0.4) is 0 Å². The maximum absolute atomic E-state index is 5.53. The van der Waals surface area contributed by atoms with E-state index < -0.39 is 0 Å². The number of aromatic nitrogens is 2. The molecule has 0 amide bonds. The van der Waals surface area contributed by atoms with Crippen molar-refractivity contribution in [3.05, 3.63) is 47.8 Å². The van der Waals surface area contributed by atoms with Crippen molar-refractivity contribution in [2.24, 2.45) is 12.0 Å². The number of benzene rings is 1. The molecular weight excluding hydrogens is 356 g/mol. The van der Waals surface area contributed by atoms with E-state index in [0.717, 1.165) is 50.3 Å². The van der Waals surface area contributed by atoms with E-state index >= 15 is 0 Å². The second kappa shape index (κ2) is 10.1. The van der Waals surface area contributed by atoms with Gasteiger partial charge in [-0.3, -0.25) is 14.6 Å². The summed E-state index contributed by atoms with van der Waals surface area (Å²) in [5.74, 6) is 1.64. The highest BCUT2D eigenvalue weighted by molar-refractivity contribution is 5.79. The number of ether oxygens (including phenoxy) is 2. The minimum atomic E-state index is 0.227. The van der Waals surface area contributed by atoms with Crippen molar-refractivity contribution >= 4 is 5.96 Å². The van der Waals surface area contributed by atoms with Crippen molar-refractivity contribution in [1.29, 1.82) is 0 Å². The Labute approximate surface area is 166 Å². The molecular formula is C20H30N6O2. The summed E-state index contributed by atoms with van der Waals surface area (Å²) in [6.07, 6.45) is 1.80. The highest BCUT2D eigenvalue weighted by Gasteiger charge is 2.23. The van der Waals surface area contributed by atoms with Crippen molar-refractivity contribution in [2.45, 2.75) is 12.6 Å². The molecule has 3 rings (SSSR count). The molecule has 1 aliphatic rings. The molecule has 2 aromatic rings. The first-order valence-corrected chi connectivity index (χ1v) is 9.58. The van der Waals surface area contributed by atoms with Crippen LogP contribution in [0.2, 0.25) is 0 Å². The fourth-order valence-corrected chi connectivity index (χ4v) is 3.34. The van der Waals surface area contributed by atoms with Crippen molar-refractivity contribution in [1.82, 2.24) is 25.3 Å². The first-order valence-electron chi connectivity index (χ1n) is 9.58. The summed E-state index contributed by atoms with van der Waals surface area (Å²) < 4.78 is 12.7. The van der Waals surface area contributed by atoms with Crippen LogP contribution >= 0.6 is 0 Å². The summed E-state index contributed by atoms with van der Waals surface area (Å²) in [6, 6.07) is 10.5.